The van der Waals surface area contributed by atoms with Crippen molar-refractivity contribution in [3.8, 4) is 17.1 Å². The zero-order valence-corrected chi connectivity index (χ0v) is 13.6. The molecule has 120 valence electrons. The monoisotopic (exact) mass is 331 g/mol. The first-order valence-electron chi connectivity index (χ1n) is 7.38. The molecule has 0 spiro atoms. The van der Waals surface area contributed by atoms with Crippen LogP contribution in [0.5, 0.6) is 0 Å². The van der Waals surface area contributed by atoms with Gasteiger partial charge >= 0.3 is 0 Å². The van der Waals surface area contributed by atoms with Crippen LogP contribution in [-0.2, 0) is 5.54 Å². The van der Waals surface area contributed by atoms with Crippen LogP contribution in [0, 0.1) is 6.92 Å². The van der Waals surface area contributed by atoms with Crippen LogP contribution in [0.1, 0.15) is 30.7 Å². The number of aryl methyl sites for hydroxylation is 1. The fourth-order valence-corrected chi connectivity index (χ4v) is 2.76. The van der Waals surface area contributed by atoms with Crippen LogP contribution in [0.3, 0.4) is 0 Å². The van der Waals surface area contributed by atoms with E-state index >= 15 is 0 Å². The summed E-state index contributed by atoms with van der Waals surface area (Å²) in [4.78, 5) is 8.65. The maximum atomic E-state index is 6.28. The second-order valence-corrected chi connectivity index (χ2v) is 5.92. The minimum absolute atomic E-state index is 0. The molecule has 2 N–H and O–H groups in total. The topological polar surface area (TPSA) is 82.8 Å². The molecule has 2 heterocycles. The van der Waals surface area contributed by atoms with E-state index < -0.39 is 5.54 Å². The molecule has 0 radical (unpaired) electrons. The number of nitrogens with two attached hydrogens (primary N) is 1. The summed E-state index contributed by atoms with van der Waals surface area (Å²) in [5.41, 5.74) is 8.84. The van der Waals surface area contributed by atoms with E-state index in [0.29, 0.717) is 11.7 Å². The first-order valence-corrected chi connectivity index (χ1v) is 7.38. The Kier molecular flexibility index (Phi) is 3.95. The highest BCUT2D eigenvalue weighted by Crippen LogP contribution is 2.38. The molecule has 0 unspecified atom stereocenters. The summed E-state index contributed by atoms with van der Waals surface area (Å²) in [5.74, 6) is 1.10. The standard InChI is InChI=1S/C16H17N5O.ClH/c1-11-3-4-13(21-8-7-18-10-21)12(9-11)14-19-15(20-22-14)16(17)5-2-6-16;/h3-4,7-10H,2,5-6,17H2,1H3;1H. The van der Waals surface area contributed by atoms with Crippen molar-refractivity contribution < 1.29 is 4.52 Å². The smallest absolute Gasteiger partial charge is 0.260 e. The van der Waals surface area contributed by atoms with Gasteiger partial charge in [-0.2, -0.15) is 4.98 Å². The highest BCUT2D eigenvalue weighted by atomic mass is 35.5. The summed E-state index contributed by atoms with van der Waals surface area (Å²) in [6.45, 7) is 2.04. The van der Waals surface area contributed by atoms with Crippen LogP contribution in [-0.4, -0.2) is 19.7 Å². The van der Waals surface area contributed by atoms with Crippen molar-refractivity contribution in [2.24, 2.45) is 5.73 Å². The third-order valence-corrected chi connectivity index (χ3v) is 4.28. The van der Waals surface area contributed by atoms with E-state index in [1.807, 2.05) is 35.9 Å². The van der Waals surface area contributed by atoms with Crippen LogP contribution in [0.25, 0.3) is 17.1 Å². The van der Waals surface area contributed by atoms with Crippen LogP contribution < -0.4 is 5.73 Å². The highest BCUT2D eigenvalue weighted by Gasteiger charge is 2.39. The zero-order valence-electron chi connectivity index (χ0n) is 12.8. The SMILES string of the molecule is Cc1ccc(-n2ccnc2)c(-c2nc(C3(N)CCC3)no2)c1.Cl. The Morgan fingerprint density at radius 2 is 2.13 bits per heavy atom. The second-order valence-electron chi connectivity index (χ2n) is 5.92. The molecule has 3 aromatic rings. The molecule has 4 rings (SSSR count). The van der Waals surface area contributed by atoms with Crippen LogP contribution in [0.2, 0.25) is 0 Å². The molecule has 0 amide bonds. The van der Waals surface area contributed by atoms with Crippen LogP contribution in [0.15, 0.2) is 41.4 Å². The maximum absolute atomic E-state index is 6.28. The minimum atomic E-state index is -0.416. The van der Waals surface area contributed by atoms with Crippen molar-refractivity contribution in [1.29, 1.82) is 0 Å². The number of nitrogens with zero attached hydrogens (tertiary/aromatic N) is 4. The molecule has 7 heteroatoms. The van der Waals surface area contributed by atoms with Crippen LogP contribution in [0.4, 0.5) is 0 Å². The Morgan fingerprint density at radius 1 is 1.30 bits per heavy atom. The lowest BCUT2D eigenvalue weighted by molar-refractivity contribution is 0.229. The van der Waals surface area contributed by atoms with Gasteiger partial charge in [-0.05, 0) is 38.3 Å². The van der Waals surface area contributed by atoms with Gasteiger partial charge in [0.25, 0.3) is 5.89 Å². The summed E-state index contributed by atoms with van der Waals surface area (Å²) in [6, 6.07) is 6.11. The van der Waals surface area contributed by atoms with Crippen molar-refractivity contribution in [2.45, 2.75) is 31.7 Å². The van der Waals surface area contributed by atoms with Gasteiger partial charge in [-0.3, -0.25) is 0 Å². The van der Waals surface area contributed by atoms with E-state index in [-0.39, 0.29) is 12.4 Å². The molecule has 0 aliphatic heterocycles. The van der Waals surface area contributed by atoms with Gasteiger partial charge in [-0.15, -0.1) is 12.4 Å². The van der Waals surface area contributed by atoms with Gasteiger partial charge in [0.05, 0.1) is 23.1 Å². The Bertz CT molecular complexity index is 808. The Morgan fingerprint density at radius 3 is 2.78 bits per heavy atom. The van der Waals surface area contributed by atoms with Crippen molar-refractivity contribution >= 4 is 12.4 Å². The number of halogens is 1. The number of hydrogen-bond acceptors (Lipinski definition) is 5. The molecule has 0 bridgehead atoms. The van der Waals surface area contributed by atoms with E-state index in [0.717, 1.165) is 36.1 Å². The lowest BCUT2D eigenvalue weighted by Gasteiger charge is -2.34. The predicted molar refractivity (Wildman–Crippen MR) is 88.6 cm³/mol. The summed E-state index contributed by atoms with van der Waals surface area (Å²) < 4.78 is 7.42. The molecule has 1 aromatic carbocycles. The summed E-state index contributed by atoms with van der Waals surface area (Å²) >= 11 is 0. The molecule has 1 aliphatic rings. The third-order valence-electron chi connectivity index (χ3n) is 4.28. The number of aromatic nitrogens is 4. The van der Waals surface area contributed by atoms with Gasteiger partial charge in [-0.25, -0.2) is 4.98 Å². The Labute approximate surface area is 140 Å². The molecule has 6 nitrogen and oxygen atoms in total. The molecule has 0 atom stereocenters. The number of benzene rings is 1. The second kappa shape index (κ2) is 5.79. The minimum Gasteiger partial charge on any atom is -0.334 e. The molecule has 0 saturated heterocycles. The van der Waals surface area contributed by atoms with E-state index in [2.05, 4.69) is 15.1 Å². The van der Waals surface area contributed by atoms with E-state index in [9.17, 15) is 0 Å². The summed E-state index contributed by atoms with van der Waals surface area (Å²) in [5, 5.41) is 4.10. The maximum Gasteiger partial charge on any atom is 0.260 e. The van der Waals surface area contributed by atoms with Gasteiger partial charge < -0.3 is 14.8 Å². The number of rotatable bonds is 3. The molecule has 2 aromatic heterocycles. The van der Waals surface area contributed by atoms with E-state index in [4.69, 9.17) is 10.3 Å². The average Bonchev–Trinajstić information content (AvgIpc) is 3.16. The summed E-state index contributed by atoms with van der Waals surface area (Å²) in [6.07, 6.45) is 8.32. The molecule has 1 saturated carbocycles. The molecular formula is C16H18ClN5O. The fraction of sp³-hybridized carbons (Fsp3) is 0.312. The largest absolute Gasteiger partial charge is 0.334 e. The van der Waals surface area contributed by atoms with Gasteiger partial charge in [0, 0.05) is 12.4 Å². The van der Waals surface area contributed by atoms with Gasteiger partial charge in [0.1, 0.15) is 0 Å². The van der Waals surface area contributed by atoms with Crippen LogP contribution >= 0.6 is 12.4 Å². The fourth-order valence-electron chi connectivity index (χ4n) is 2.76. The first-order chi connectivity index (χ1) is 10.7. The molecule has 1 aliphatic carbocycles. The lowest BCUT2D eigenvalue weighted by atomic mass is 9.77. The zero-order chi connectivity index (χ0) is 15.2. The average molecular weight is 332 g/mol. The van der Waals surface area contributed by atoms with Gasteiger partial charge in [0.15, 0.2) is 5.82 Å². The van der Waals surface area contributed by atoms with Crippen molar-refractivity contribution in [2.75, 3.05) is 0 Å². The van der Waals surface area contributed by atoms with Gasteiger partial charge in [-0.1, -0.05) is 16.8 Å². The predicted octanol–water partition coefficient (Wildman–Crippen LogP) is 2.99. The number of hydrogen-bond donors (Lipinski definition) is 1. The van der Waals surface area contributed by atoms with Crippen molar-refractivity contribution in [3.05, 3.63) is 48.3 Å². The first kappa shape index (κ1) is 15.7. The molecule has 1 fully saturated rings. The van der Waals surface area contributed by atoms with Gasteiger partial charge in [0.2, 0.25) is 0 Å². The normalized spacial score (nSPS) is 15.7. The molecule has 23 heavy (non-hydrogen) atoms. The van der Waals surface area contributed by atoms with Crippen molar-refractivity contribution in [3.63, 3.8) is 0 Å². The molecular weight excluding hydrogens is 314 g/mol. The lowest BCUT2D eigenvalue weighted by Crippen LogP contribution is -2.44. The van der Waals surface area contributed by atoms with E-state index in [1.165, 1.54) is 0 Å². The number of imidazole rings is 1. The third kappa shape index (κ3) is 2.64. The summed E-state index contributed by atoms with van der Waals surface area (Å²) in [7, 11) is 0. The quantitative estimate of drug-likeness (QED) is 0.797. The highest BCUT2D eigenvalue weighted by molar-refractivity contribution is 5.85. The van der Waals surface area contributed by atoms with Crippen molar-refractivity contribution in [1.82, 2.24) is 19.7 Å². The Balaban J connectivity index is 0.00000156. The van der Waals surface area contributed by atoms with E-state index in [1.54, 1.807) is 12.5 Å². The Hall–Kier alpha value is -2.18.